The lowest BCUT2D eigenvalue weighted by molar-refractivity contribution is 0.445. The molecule has 0 aromatic heterocycles. The highest BCUT2D eigenvalue weighted by atomic mass is 32.2. The van der Waals surface area contributed by atoms with E-state index in [1.54, 1.807) is 12.1 Å². The minimum Gasteiger partial charge on any atom is -0.310 e. The van der Waals surface area contributed by atoms with Gasteiger partial charge in [0.15, 0.2) is 0 Å². The van der Waals surface area contributed by atoms with E-state index in [4.69, 9.17) is 0 Å². The van der Waals surface area contributed by atoms with Crippen LogP contribution in [0, 0.1) is 5.92 Å². The van der Waals surface area contributed by atoms with Crippen molar-refractivity contribution in [3.05, 3.63) is 29.8 Å². The van der Waals surface area contributed by atoms with Gasteiger partial charge in [-0.2, -0.15) is 4.31 Å². The number of sulfonamides is 1. The van der Waals surface area contributed by atoms with Crippen LogP contribution in [0.1, 0.15) is 46.2 Å². The average Bonchev–Trinajstić information content (AvgIpc) is 2.45. The van der Waals surface area contributed by atoms with E-state index < -0.39 is 10.0 Å². The molecule has 1 aromatic carbocycles. The molecule has 0 spiro atoms. The van der Waals surface area contributed by atoms with Gasteiger partial charge in [0.05, 0.1) is 4.90 Å². The molecule has 0 heterocycles. The number of hydrogen-bond acceptors (Lipinski definition) is 3. The molecule has 1 unspecified atom stereocenters. The highest BCUT2D eigenvalue weighted by Gasteiger charge is 2.21. The minimum atomic E-state index is -3.36. The van der Waals surface area contributed by atoms with Crippen molar-refractivity contribution < 1.29 is 8.42 Å². The van der Waals surface area contributed by atoms with Gasteiger partial charge in [-0.05, 0) is 37.1 Å². The second-order valence-electron chi connectivity index (χ2n) is 5.68. The van der Waals surface area contributed by atoms with Crippen LogP contribution in [0.5, 0.6) is 0 Å². The summed E-state index contributed by atoms with van der Waals surface area (Å²) in [6, 6.07) is 7.42. The van der Waals surface area contributed by atoms with E-state index in [-0.39, 0.29) is 6.04 Å². The van der Waals surface area contributed by atoms with Crippen molar-refractivity contribution in [1.82, 2.24) is 9.62 Å². The maximum atomic E-state index is 12.4. The molecule has 1 N–H and O–H groups in total. The van der Waals surface area contributed by atoms with Crippen molar-refractivity contribution >= 4 is 10.0 Å². The van der Waals surface area contributed by atoms with Gasteiger partial charge >= 0.3 is 0 Å². The average molecular weight is 312 g/mol. The molecule has 0 saturated carbocycles. The first-order valence-electron chi connectivity index (χ1n) is 7.66. The van der Waals surface area contributed by atoms with Gasteiger partial charge in [-0.25, -0.2) is 8.42 Å². The molecule has 1 aromatic rings. The van der Waals surface area contributed by atoms with Gasteiger partial charge in [0.1, 0.15) is 0 Å². The molecular weight excluding hydrogens is 284 g/mol. The Bertz CT molecular complexity index is 520. The highest BCUT2D eigenvalue weighted by molar-refractivity contribution is 7.89. The standard InChI is InChI=1S/C16H28N2O2S/c1-6-18(7-2)21(19,20)16-10-8-15(9-11-16)14(5)17-12-13(3)4/h8-11,13-14,17H,6-7,12H2,1-5H3. The minimum absolute atomic E-state index is 0.220. The van der Waals surface area contributed by atoms with Crippen LogP contribution >= 0.6 is 0 Å². The molecule has 1 rings (SSSR count). The van der Waals surface area contributed by atoms with Crippen LogP contribution in [0.3, 0.4) is 0 Å². The molecule has 1 atom stereocenters. The van der Waals surface area contributed by atoms with Crippen molar-refractivity contribution in [1.29, 1.82) is 0 Å². The van der Waals surface area contributed by atoms with Crippen LogP contribution in [0.4, 0.5) is 0 Å². The summed E-state index contributed by atoms with van der Waals surface area (Å²) >= 11 is 0. The van der Waals surface area contributed by atoms with Crippen LogP contribution in [-0.2, 0) is 10.0 Å². The summed E-state index contributed by atoms with van der Waals surface area (Å²) in [6.45, 7) is 12.1. The van der Waals surface area contributed by atoms with E-state index in [1.165, 1.54) is 4.31 Å². The van der Waals surface area contributed by atoms with Gasteiger partial charge < -0.3 is 5.32 Å². The third-order valence-corrected chi connectivity index (χ3v) is 5.62. The normalized spacial score (nSPS) is 13.9. The largest absolute Gasteiger partial charge is 0.310 e. The Morgan fingerprint density at radius 2 is 1.57 bits per heavy atom. The number of nitrogens with zero attached hydrogens (tertiary/aromatic N) is 1. The van der Waals surface area contributed by atoms with Crippen LogP contribution < -0.4 is 5.32 Å². The van der Waals surface area contributed by atoms with E-state index >= 15 is 0 Å². The molecule has 5 heteroatoms. The van der Waals surface area contributed by atoms with E-state index in [9.17, 15) is 8.42 Å². The predicted molar refractivity (Wildman–Crippen MR) is 87.8 cm³/mol. The molecule has 21 heavy (non-hydrogen) atoms. The molecule has 120 valence electrons. The van der Waals surface area contributed by atoms with E-state index in [0.29, 0.717) is 23.9 Å². The first-order valence-corrected chi connectivity index (χ1v) is 9.10. The molecule has 0 aliphatic carbocycles. The zero-order chi connectivity index (χ0) is 16.0. The molecule has 0 aliphatic rings. The summed E-state index contributed by atoms with van der Waals surface area (Å²) in [7, 11) is -3.36. The van der Waals surface area contributed by atoms with Crippen LogP contribution in [0.25, 0.3) is 0 Å². The first kappa shape index (κ1) is 18.1. The molecule has 0 amide bonds. The smallest absolute Gasteiger partial charge is 0.243 e. The van der Waals surface area contributed by atoms with Crippen molar-refractivity contribution in [3.8, 4) is 0 Å². The second kappa shape index (κ2) is 7.92. The van der Waals surface area contributed by atoms with Crippen LogP contribution in [0.2, 0.25) is 0 Å². The monoisotopic (exact) mass is 312 g/mol. The zero-order valence-corrected chi connectivity index (χ0v) is 14.6. The number of benzene rings is 1. The fraction of sp³-hybridized carbons (Fsp3) is 0.625. The van der Waals surface area contributed by atoms with E-state index in [1.807, 2.05) is 26.0 Å². The van der Waals surface area contributed by atoms with Crippen molar-refractivity contribution in [2.45, 2.75) is 45.6 Å². The Morgan fingerprint density at radius 3 is 2.00 bits per heavy atom. The summed E-state index contributed by atoms with van der Waals surface area (Å²) < 4.78 is 26.3. The molecule has 0 radical (unpaired) electrons. The Hall–Kier alpha value is -0.910. The lowest BCUT2D eigenvalue weighted by Gasteiger charge is -2.19. The predicted octanol–water partition coefficient (Wildman–Crippen LogP) is 3.02. The van der Waals surface area contributed by atoms with Crippen LogP contribution in [0.15, 0.2) is 29.2 Å². The summed E-state index contributed by atoms with van der Waals surface area (Å²) in [6.07, 6.45) is 0. The Morgan fingerprint density at radius 1 is 1.05 bits per heavy atom. The SMILES string of the molecule is CCN(CC)S(=O)(=O)c1ccc(C(C)NCC(C)C)cc1. The quantitative estimate of drug-likeness (QED) is 0.803. The van der Waals surface area contributed by atoms with E-state index in [0.717, 1.165) is 12.1 Å². The molecule has 0 bridgehead atoms. The fourth-order valence-electron chi connectivity index (χ4n) is 2.17. The number of rotatable bonds is 8. The van der Waals surface area contributed by atoms with Crippen LogP contribution in [-0.4, -0.2) is 32.4 Å². The van der Waals surface area contributed by atoms with Gasteiger partial charge in [0.2, 0.25) is 10.0 Å². The Balaban J connectivity index is 2.87. The van der Waals surface area contributed by atoms with Crippen molar-refractivity contribution in [2.75, 3.05) is 19.6 Å². The molecule has 0 saturated heterocycles. The summed E-state index contributed by atoms with van der Waals surface area (Å²) in [5, 5.41) is 3.44. The van der Waals surface area contributed by atoms with Gasteiger partial charge in [-0.15, -0.1) is 0 Å². The van der Waals surface area contributed by atoms with Gasteiger partial charge in [-0.1, -0.05) is 39.8 Å². The molecule has 0 aliphatic heterocycles. The Kier molecular flexibility index (Phi) is 6.84. The third kappa shape index (κ3) is 4.80. The van der Waals surface area contributed by atoms with Gasteiger partial charge in [-0.3, -0.25) is 0 Å². The molecule has 4 nitrogen and oxygen atoms in total. The lowest BCUT2D eigenvalue weighted by Crippen LogP contribution is -2.30. The summed E-state index contributed by atoms with van der Waals surface area (Å²) in [5.41, 5.74) is 1.11. The zero-order valence-electron chi connectivity index (χ0n) is 13.8. The Labute approximate surface area is 129 Å². The van der Waals surface area contributed by atoms with E-state index in [2.05, 4.69) is 26.1 Å². The molecule has 0 fully saturated rings. The maximum absolute atomic E-state index is 12.4. The summed E-state index contributed by atoms with van der Waals surface area (Å²) in [5.74, 6) is 0.592. The van der Waals surface area contributed by atoms with Crippen molar-refractivity contribution in [2.24, 2.45) is 5.92 Å². The van der Waals surface area contributed by atoms with Gasteiger partial charge in [0, 0.05) is 19.1 Å². The fourth-order valence-corrected chi connectivity index (χ4v) is 3.63. The highest BCUT2D eigenvalue weighted by Crippen LogP contribution is 2.19. The number of hydrogen-bond donors (Lipinski definition) is 1. The van der Waals surface area contributed by atoms with Gasteiger partial charge in [0.25, 0.3) is 0 Å². The maximum Gasteiger partial charge on any atom is 0.243 e. The number of nitrogens with one attached hydrogen (secondary N) is 1. The topological polar surface area (TPSA) is 49.4 Å². The third-order valence-electron chi connectivity index (χ3n) is 3.56. The summed E-state index contributed by atoms with van der Waals surface area (Å²) in [4.78, 5) is 0.367. The lowest BCUT2D eigenvalue weighted by atomic mass is 10.1. The molecular formula is C16H28N2O2S. The van der Waals surface area contributed by atoms with Crippen molar-refractivity contribution in [3.63, 3.8) is 0 Å². The first-order chi connectivity index (χ1) is 9.82. The second-order valence-corrected chi connectivity index (χ2v) is 7.62.